The summed E-state index contributed by atoms with van der Waals surface area (Å²) in [6.45, 7) is 1.78. The Morgan fingerprint density at radius 1 is 1.14 bits per heavy atom. The zero-order valence-corrected chi connectivity index (χ0v) is 20.3. The molecule has 0 bridgehead atoms. The molecule has 36 heavy (non-hydrogen) atoms. The van der Waals surface area contributed by atoms with Crippen LogP contribution in [0.25, 0.3) is 6.08 Å². The lowest BCUT2D eigenvalue weighted by atomic mass is 10.1. The molecule has 3 aromatic carbocycles. The Balaban J connectivity index is 1.57. The largest absolute Gasteiger partial charge is 0.496 e. The van der Waals surface area contributed by atoms with E-state index in [2.05, 4.69) is 5.32 Å². The van der Waals surface area contributed by atoms with Crippen molar-refractivity contribution >= 4 is 35.0 Å². The summed E-state index contributed by atoms with van der Waals surface area (Å²) in [4.78, 5) is 25.3. The van der Waals surface area contributed by atoms with Crippen molar-refractivity contribution in [2.24, 2.45) is 0 Å². The summed E-state index contributed by atoms with van der Waals surface area (Å²) in [5.74, 6) is -0.649. The summed E-state index contributed by atoms with van der Waals surface area (Å²) in [7, 11) is 1.48. The number of nitro groups is 1. The van der Waals surface area contributed by atoms with Crippen LogP contribution < -0.4 is 14.8 Å². The third kappa shape index (κ3) is 5.18. The first kappa shape index (κ1) is 24.8. The van der Waals surface area contributed by atoms with E-state index >= 15 is 0 Å². The highest BCUT2D eigenvalue weighted by Crippen LogP contribution is 2.31. The number of methoxy groups -OCH3 is 1. The molecule has 0 radical (unpaired) electrons. The number of carbonyl (C=O) groups is 1. The van der Waals surface area contributed by atoms with Crippen molar-refractivity contribution in [3.05, 3.63) is 105 Å². The number of thiocarbonyl (C=S) groups is 1. The van der Waals surface area contributed by atoms with Crippen molar-refractivity contribution in [3.63, 3.8) is 0 Å². The van der Waals surface area contributed by atoms with Crippen LogP contribution >= 0.6 is 12.2 Å². The number of nitrogens with one attached hydrogen (secondary N) is 1. The smallest absolute Gasteiger partial charge is 0.311 e. The lowest BCUT2D eigenvalue weighted by Gasteiger charge is -2.23. The third-order valence-corrected chi connectivity index (χ3v) is 5.99. The summed E-state index contributed by atoms with van der Waals surface area (Å²) in [5.41, 5.74) is 2.10. The molecule has 0 spiro atoms. The molecule has 1 N–H and O–H groups in total. The maximum absolute atomic E-state index is 13.6. The SMILES string of the molecule is COc1ccc(/C=C2\NC(=S)N(C(C)c3ccccc3)C2=O)cc1COc1cc(F)ccc1[N+](=O)[O-]. The summed E-state index contributed by atoms with van der Waals surface area (Å²) in [6, 6.07) is 17.5. The minimum Gasteiger partial charge on any atom is -0.496 e. The maximum atomic E-state index is 13.6. The molecule has 0 saturated carbocycles. The van der Waals surface area contributed by atoms with Crippen LogP contribution in [0.1, 0.15) is 29.7 Å². The molecule has 3 aromatic rings. The van der Waals surface area contributed by atoms with E-state index in [0.29, 0.717) is 27.7 Å². The number of halogens is 1. The molecule has 1 unspecified atom stereocenters. The number of rotatable bonds is 8. The van der Waals surface area contributed by atoms with Crippen molar-refractivity contribution in [2.75, 3.05) is 7.11 Å². The zero-order valence-electron chi connectivity index (χ0n) is 19.4. The highest BCUT2D eigenvalue weighted by atomic mass is 32.1. The first-order valence-electron chi connectivity index (χ1n) is 10.9. The molecule has 1 heterocycles. The monoisotopic (exact) mass is 507 g/mol. The van der Waals surface area contributed by atoms with Crippen molar-refractivity contribution in [1.82, 2.24) is 10.2 Å². The minimum absolute atomic E-state index is 0.124. The average Bonchev–Trinajstić information content (AvgIpc) is 3.15. The van der Waals surface area contributed by atoms with Gasteiger partial charge in [0.2, 0.25) is 0 Å². The van der Waals surface area contributed by atoms with Gasteiger partial charge in [0.05, 0.1) is 18.1 Å². The van der Waals surface area contributed by atoms with Crippen LogP contribution in [0.5, 0.6) is 11.5 Å². The van der Waals surface area contributed by atoms with Gasteiger partial charge in [-0.3, -0.25) is 19.8 Å². The third-order valence-electron chi connectivity index (χ3n) is 5.70. The van der Waals surface area contributed by atoms with Crippen LogP contribution in [0, 0.1) is 15.9 Å². The van der Waals surface area contributed by atoms with Crippen molar-refractivity contribution in [2.45, 2.75) is 19.6 Å². The molecular weight excluding hydrogens is 485 g/mol. The van der Waals surface area contributed by atoms with Gasteiger partial charge in [0.1, 0.15) is 23.9 Å². The highest BCUT2D eigenvalue weighted by Gasteiger charge is 2.34. The van der Waals surface area contributed by atoms with Crippen LogP contribution in [0.2, 0.25) is 0 Å². The van der Waals surface area contributed by atoms with E-state index in [0.717, 1.165) is 23.8 Å². The summed E-state index contributed by atoms with van der Waals surface area (Å²) in [5, 5.41) is 14.5. The lowest BCUT2D eigenvalue weighted by Crippen LogP contribution is -2.33. The topological polar surface area (TPSA) is 93.9 Å². The maximum Gasteiger partial charge on any atom is 0.311 e. The highest BCUT2D eigenvalue weighted by molar-refractivity contribution is 7.80. The molecule has 1 aliphatic rings. The Morgan fingerprint density at radius 3 is 2.58 bits per heavy atom. The molecule has 0 aliphatic carbocycles. The summed E-state index contributed by atoms with van der Waals surface area (Å²) < 4.78 is 24.6. The number of benzene rings is 3. The number of ether oxygens (including phenoxy) is 2. The molecule has 8 nitrogen and oxygen atoms in total. The second-order valence-corrected chi connectivity index (χ2v) is 8.37. The van der Waals surface area contributed by atoms with Crippen LogP contribution in [-0.4, -0.2) is 28.0 Å². The Kier molecular flexibility index (Phi) is 7.25. The number of nitrogens with zero attached hydrogens (tertiary/aromatic N) is 2. The fraction of sp³-hybridized carbons (Fsp3) is 0.154. The fourth-order valence-corrected chi connectivity index (χ4v) is 4.21. The molecule has 0 aromatic heterocycles. The van der Waals surface area contributed by atoms with Gasteiger partial charge in [-0.2, -0.15) is 0 Å². The van der Waals surface area contributed by atoms with E-state index in [1.165, 1.54) is 12.0 Å². The van der Waals surface area contributed by atoms with E-state index in [9.17, 15) is 19.3 Å². The quantitative estimate of drug-likeness (QED) is 0.195. The molecule has 1 saturated heterocycles. The fourth-order valence-electron chi connectivity index (χ4n) is 3.86. The first-order chi connectivity index (χ1) is 17.3. The van der Waals surface area contributed by atoms with Gasteiger partial charge in [0.15, 0.2) is 10.9 Å². The molecule has 4 rings (SSSR count). The average molecular weight is 508 g/mol. The van der Waals surface area contributed by atoms with Crippen LogP contribution in [-0.2, 0) is 11.4 Å². The standard InChI is InChI=1S/C26H22FN3O5S/c1-16(18-6-4-3-5-7-18)29-25(31)21(28-26(29)36)13-17-8-11-23(34-2)19(12-17)15-35-24-14-20(27)9-10-22(24)30(32)33/h3-14,16H,15H2,1-2H3,(H,28,36)/b21-13-. The first-order valence-corrected chi connectivity index (χ1v) is 11.3. The number of carbonyl (C=O) groups excluding carboxylic acids is 1. The van der Waals surface area contributed by atoms with Crippen molar-refractivity contribution in [1.29, 1.82) is 0 Å². The zero-order chi connectivity index (χ0) is 25.8. The van der Waals surface area contributed by atoms with Gasteiger partial charge >= 0.3 is 5.69 Å². The second kappa shape index (κ2) is 10.5. The summed E-state index contributed by atoms with van der Waals surface area (Å²) >= 11 is 5.42. The van der Waals surface area contributed by atoms with Gasteiger partial charge in [0.25, 0.3) is 5.91 Å². The van der Waals surface area contributed by atoms with Gasteiger partial charge in [-0.25, -0.2) is 4.39 Å². The van der Waals surface area contributed by atoms with E-state index in [4.69, 9.17) is 21.7 Å². The number of hydrogen-bond acceptors (Lipinski definition) is 6. The Bertz CT molecular complexity index is 1360. The van der Waals surface area contributed by atoms with E-state index in [1.54, 1.807) is 24.3 Å². The molecule has 1 amide bonds. The molecule has 1 aliphatic heterocycles. The molecule has 184 valence electrons. The van der Waals surface area contributed by atoms with Crippen molar-refractivity contribution in [3.8, 4) is 11.5 Å². The lowest BCUT2D eigenvalue weighted by molar-refractivity contribution is -0.386. The van der Waals surface area contributed by atoms with Gasteiger partial charge in [-0.15, -0.1) is 0 Å². The number of amides is 1. The predicted molar refractivity (Wildman–Crippen MR) is 136 cm³/mol. The van der Waals surface area contributed by atoms with Gasteiger partial charge in [-0.05, 0) is 54.5 Å². The van der Waals surface area contributed by atoms with Gasteiger partial charge in [0, 0.05) is 17.7 Å². The van der Waals surface area contributed by atoms with Crippen LogP contribution in [0.3, 0.4) is 0 Å². The van der Waals surface area contributed by atoms with Crippen LogP contribution in [0.15, 0.2) is 72.4 Å². The van der Waals surface area contributed by atoms with Crippen molar-refractivity contribution < 1.29 is 23.6 Å². The Hall–Kier alpha value is -4.31. The van der Waals surface area contributed by atoms with Gasteiger partial charge < -0.3 is 14.8 Å². The Morgan fingerprint density at radius 2 is 1.89 bits per heavy atom. The Labute approximate surface area is 212 Å². The predicted octanol–water partition coefficient (Wildman–Crippen LogP) is 5.14. The molecule has 1 atom stereocenters. The number of nitro benzene ring substituents is 1. The van der Waals surface area contributed by atoms with Crippen LogP contribution in [0.4, 0.5) is 10.1 Å². The second-order valence-electron chi connectivity index (χ2n) is 7.98. The number of hydrogen-bond donors (Lipinski definition) is 1. The minimum atomic E-state index is -0.655. The van der Waals surface area contributed by atoms with E-state index < -0.39 is 10.7 Å². The summed E-state index contributed by atoms with van der Waals surface area (Å²) in [6.07, 6.45) is 1.65. The van der Waals surface area contributed by atoms with E-state index in [1.807, 2.05) is 37.3 Å². The van der Waals surface area contributed by atoms with E-state index in [-0.39, 0.29) is 30.0 Å². The van der Waals surface area contributed by atoms with Gasteiger partial charge in [-0.1, -0.05) is 36.4 Å². The normalized spacial score (nSPS) is 15.1. The molecular formula is C26H22FN3O5S. The molecule has 10 heteroatoms. The molecule has 1 fully saturated rings.